The van der Waals surface area contributed by atoms with Gasteiger partial charge in [-0.3, -0.25) is 4.79 Å². The zero-order valence-corrected chi connectivity index (χ0v) is 19.1. The highest BCUT2D eigenvalue weighted by Crippen LogP contribution is 2.41. The van der Waals surface area contributed by atoms with E-state index in [-0.39, 0.29) is 16.9 Å². The molecular weight excluding hydrogens is 450 g/mol. The van der Waals surface area contributed by atoms with E-state index >= 15 is 4.39 Å². The molecule has 1 aliphatic carbocycles. The van der Waals surface area contributed by atoms with Gasteiger partial charge >= 0.3 is 11.9 Å². The van der Waals surface area contributed by atoms with Crippen LogP contribution in [0.2, 0.25) is 0 Å². The second kappa shape index (κ2) is 8.50. The molecule has 0 bridgehead atoms. The number of halogens is 2. The van der Waals surface area contributed by atoms with E-state index in [0.717, 1.165) is 11.8 Å². The Kier molecular flexibility index (Phi) is 5.97. The fraction of sp³-hybridized carbons (Fsp3) is 0.458. The topological polar surface area (TPSA) is 107 Å². The number of nitrogens with zero attached hydrogens (tertiary/aromatic N) is 1. The summed E-state index contributed by atoms with van der Waals surface area (Å²) in [7, 11) is 0. The van der Waals surface area contributed by atoms with Crippen molar-refractivity contribution in [2.45, 2.75) is 63.8 Å². The SMILES string of the molecule is C=C1CN[C@H](C(Oc2c(F)c(F)cc3c(=O)c(C(=O)O)cn(C4CC4)c23)C(=O)OC(C)(C)C)C1. The maximum absolute atomic E-state index is 15.2. The first-order chi connectivity index (χ1) is 15.9. The van der Waals surface area contributed by atoms with Gasteiger partial charge in [0.25, 0.3) is 0 Å². The summed E-state index contributed by atoms with van der Waals surface area (Å²) < 4.78 is 42.6. The van der Waals surface area contributed by atoms with E-state index in [9.17, 15) is 23.9 Å². The minimum Gasteiger partial charge on any atom is -0.477 e. The molecule has 4 rings (SSSR count). The Bertz CT molecular complexity index is 1260. The van der Waals surface area contributed by atoms with Crippen LogP contribution in [0.1, 0.15) is 56.4 Å². The highest BCUT2D eigenvalue weighted by Gasteiger charge is 2.39. The minimum atomic E-state index is -1.48. The lowest BCUT2D eigenvalue weighted by Crippen LogP contribution is -2.47. The van der Waals surface area contributed by atoms with Crippen LogP contribution in [0.25, 0.3) is 10.9 Å². The Morgan fingerprint density at radius 1 is 1.29 bits per heavy atom. The number of aromatic carboxylic acids is 1. The van der Waals surface area contributed by atoms with Gasteiger partial charge in [0.05, 0.1) is 16.9 Å². The molecule has 2 atom stereocenters. The summed E-state index contributed by atoms with van der Waals surface area (Å²) in [5.74, 6) is -5.68. The molecule has 2 fully saturated rings. The molecule has 0 amide bonds. The van der Waals surface area contributed by atoms with E-state index in [1.807, 2.05) is 0 Å². The summed E-state index contributed by atoms with van der Waals surface area (Å²) in [6.45, 7) is 9.30. The quantitative estimate of drug-likeness (QED) is 0.487. The first-order valence-corrected chi connectivity index (χ1v) is 11.0. The van der Waals surface area contributed by atoms with Crippen LogP contribution in [0.15, 0.2) is 29.2 Å². The van der Waals surface area contributed by atoms with Crippen molar-refractivity contribution in [1.82, 2.24) is 9.88 Å². The number of nitrogens with one attached hydrogen (secondary N) is 1. The summed E-state index contributed by atoms with van der Waals surface area (Å²) in [6.07, 6.45) is 1.41. The standard InChI is InChI=1S/C24H26F2N2O6/c1-11-7-16(27-9-11)20(23(32)34-24(2,3)4)33-21-17(26)15(25)8-13-18(21)28(12-5-6-12)10-14(19(13)29)22(30)31/h8,10,12,16,20,27H,1,5-7,9H2,2-4H3,(H,30,31)/t16-,20?/m0/s1. The fourth-order valence-electron chi connectivity index (χ4n) is 4.06. The van der Waals surface area contributed by atoms with Crippen LogP contribution in [0, 0.1) is 11.6 Å². The number of esters is 1. The van der Waals surface area contributed by atoms with Gasteiger partial charge in [0.1, 0.15) is 11.2 Å². The number of carbonyl (C=O) groups is 2. The molecule has 34 heavy (non-hydrogen) atoms. The number of hydrogen-bond donors (Lipinski definition) is 2. The molecule has 2 heterocycles. The van der Waals surface area contributed by atoms with Gasteiger partial charge in [0.15, 0.2) is 11.6 Å². The first kappa shape index (κ1) is 23.9. The number of pyridine rings is 1. The van der Waals surface area contributed by atoms with Crippen LogP contribution in [-0.4, -0.2) is 45.9 Å². The predicted octanol–water partition coefficient (Wildman–Crippen LogP) is 3.32. The molecule has 2 aromatic rings. The Hall–Kier alpha value is -3.27. The maximum atomic E-state index is 15.2. The van der Waals surface area contributed by atoms with Crippen molar-refractivity contribution in [2.75, 3.05) is 6.54 Å². The van der Waals surface area contributed by atoms with Crippen molar-refractivity contribution >= 4 is 22.8 Å². The smallest absolute Gasteiger partial charge is 0.349 e. The number of carbonyl (C=O) groups excluding carboxylic acids is 1. The second-order valence-electron chi connectivity index (χ2n) is 9.73. The molecule has 2 aliphatic rings. The highest BCUT2D eigenvalue weighted by atomic mass is 19.2. The Labute approximate surface area is 194 Å². The largest absolute Gasteiger partial charge is 0.477 e. The highest BCUT2D eigenvalue weighted by molar-refractivity contribution is 5.94. The van der Waals surface area contributed by atoms with Crippen molar-refractivity contribution in [3.63, 3.8) is 0 Å². The number of fused-ring (bicyclic) bond motifs is 1. The number of carboxylic acid groups (broad SMARTS) is 1. The monoisotopic (exact) mass is 476 g/mol. The van der Waals surface area contributed by atoms with Crippen LogP contribution >= 0.6 is 0 Å². The van der Waals surface area contributed by atoms with E-state index in [2.05, 4.69) is 11.9 Å². The molecule has 1 aromatic heterocycles. The fourth-order valence-corrected chi connectivity index (χ4v) is 4.06. The predicted molar refractivity (Wildman–Crippen MR) is 119 cm³/mol. The number of benzene rings is 1. The van der Waals surface area contributed by atoms with Gasteiger partial charge in [-0.1, -0.05) is 12.2 Å². The molecule has 1 aliphatic heterocycles. The summed E-state index contributed by atoms with van der Waals surface area (Å²) in [6, 6.07) is -0.166. The number of ether oxygens (including phenoxy) is 2. The molecule has 1 saturated heterocycles. The van der Waals surface area contributed by atoms with Crippen molar-refractivity contribution in [3.05, 3.63) is 51.8 Å². The third-order valence-corrected chi connectivity index (χ3v) is 5.71. The number of rotatable bonds is 6. The van der Waals surface area contributed by atoms with E-state index in [4.69, 9.17) is 9.47 Å². The van der Waals surface area contributed by atoms with Gasteiger partial charge in [-0.25, -0.2) is 14.0 Å². The van der Waals surface area contributed by atoms with Crippen LogP contribution in [0.5, 0.6) is 5.75 Å². The molecule has 8 nitrogen and oxygen atoms in total. The molecular formula is C24H26F2N2O6. The first-order valence-electron chi connectivity index (χ1n) is 11.0. The molecule has 10 heteroatoms. The summed E-state index contributed by atoms with van der Waals surface area (Å²) >= 11 is 0. The van der Waals surface area contributed by atoms with Crippen LogP contribution in [0.4, 0.5) is 8.78 Å². The summed E-state index contributed by atoms with van der Waals surface area (Å²) in [4.78, 5) is 37.5. The Balaban J connectivity index is 1.91. The van der Waals surface area contributed by atoms with Crippen LogP contribution in [-0.2, 0) is 9.53 Å². The van der Waals surface area contributed by atoms with E-state index in [1.165, 1.54) is 4.57 Å². The third-order valence-electron chi connectivity index (χ3n) is 5.71. The molecule has 1 saturated carbocycles. The lowest BCUT2D eigenvalue weighted by atomic mass is 10.1. The van der Waals surface area contributed by atoms with Crippen molar-refractivity contribution in [2.24, 2.45) is 0 Å². The molecule has 1 aromatic carbocycles. The van der Waals surface area contributed by atoms with Crippen molar-refractivity contribution in [1.29, 1.82) is 0 Å². The van der Waals surface area contributed by atoms with Gasteiger partial charge < -0.3 is 24.5 Å². The average Bonchev–Trinajstić information content (AvgIpc) is 3.48. The molecule has 1 unspecified atom stereocenters. The number of carboxylic acids is 1. The lowest BCUT2D eigenvalue weighted by Gasteiger charge is -2.28. The summed E-state index contributed by atoms with van der Waals surface area (Å²) in [5.41, 5.74) is -1.70. The molecule has 2 N–H and O–H groups in total. The van der Waals surface area contributed by atoms with Gasteiger partial charge in [-0.2, -0.15) is 4.39 Å². The van der Waals surface area contributed by atoms with Crippen molar-refractivity contribution < 1.29 is 33.0 Å². The summed E-state index contributed by atoms with van der Waals surface area (Å²) in [5, 5.41) is 12.2. The molecule has 0 radical (unpaired) electrons. The Morgan fingerprint density at radius 3 is 2.50 bits per heavy atom. The van der Waals surface area contributed by atoms with E-state index < -0.39 is 58.1 Å². The zero-order valence-electron chi connectivity index (χ0n) is 19.1. The molecule has 182 valence electrons. The van der Waals surface area contributed by atoms with Gasteiger partial charge in [0.2, 0.25) is 17.3 Å². The van der Waals surface area contributed by atoms with E-state index in [1.54, 1.807) is 20.8 Å². The van der Waals surface area contributed by atoms with Crippen molar-refractivity contribution in [3.8, 4) is 5.75 Å². The molecule has 0 spiro atoms. The average molecular weight is 476 g/mol. The number of hydrogen-bond acceptors (Lipinski definition) is 6. The zero-order chi connectivity index (χ0) is 24.9. The van der Waals surface area contributed by atoms with Crippen LogP contribution < -0.4 is 15.5 Å². The normalized spacial score (nSPS) is 19.3. The van der Waals surface area contributed by atoms with Gasteiger partial charge in [0, 0.05) is 18.8 Å². The minimum absolute atomic E-state index is 0.0956. The second-order valence-corrected chi connectivity index (χ2v) is 9.73. The van der Waals surface area contributed by atoms with Crippen LogP contribution in [0.3, 0.4) is 0 Å². The van der Waals surface area contributed by atoms with E-state index in [0.29, 0.717) is 31.9 Å². The van der Waals surface area contributed by atoms with Gasteiger partial charge in [-0.15, -0.1) is 0 Å². The third kappa shape index (κ3) is 4.54. The number of aromatic nitrogens is 1. The maximum Gasteiger partial charge on any atom is 0.349 e. The Morgan fingerprint density at radius 2 is 1.97 bits per heavy atom. The van der Waals surface area contributed by atoms with Gasteiger partial charge in [-0.05, 0) is 46.1 Å². The lowest BCUT2D eigenvalue weighted by molar-refractivity contribution is -0.164.